The number of hydrogen-bond donors (Lipinski definition) is 0. The van der Waals surface area contributed by atoms with Gasteiger partial charge in [0.15, 0.2) is 15.4 Å². The Morgan fingerprint density at radius 2 is 1.72 bits per heavy atom. The largest absolute Gasteiger partial charge is 0.354 e. The molecule has 25 heavy (non-hydrogen) atoms. The number of nitrogens with zero attached hydrogens (tertiary/aromatic N) is 5. The Bertz CT molecular complexity index is 948. The van der Waals surface area contributed by atoms with Crippen LogP contribution in [0.4, 0.5) is 5.82 Å². The Morgan fingerprint density at radius 3 is 2.24 bits per heavy atom. The van der Waals surface area contributed by atoms with Crippen molar-refractivity contribution >= 4 is 15.7 Å². The van der Waals surface area contributed by atoms with Gasteiger partial charge < -0.3 is 4.90 Å². The summed E-state index contributed by atoms with van der Waals surface area (Å²) in [5.41, 5.74) is -1.10. The van der Waals surface area contributed by atoms with Crippen molar-refractivity contribution in [2.45, 2.75) is 12.5 Å². The Labute approximate surface area is 145 Å². The van der Waals surface area contributed by atoms with E-state index in [0.717, 1.165) is 4.57 Å². The number of nitriles is 1. The van der Waals surface area contributed by atoms with E-state index in [1.165, 1.54) is 11.6 Å². The van der Waals surface area contributed by atoms with E-state index in [1.807, 2.05) is 11.0 Å². The van der Waals surface area contributed by atoms with Crippen LogP contribution in [-0.2, 0) is 23.9 Å². The van der Waals surface area contributed by atoms with Crippen molar-refractivity contribution in [2.75, 3.05) is 42.6 Å². The average molecular weight is 367 g/mol. The minimum atomic E-state index is -2.93. The molecule has 3 heterocycles. The number of piperazine rings is 1. The van der Waals surface area contributed by atoms with E-state index < -0.39 is 21.1 Å². The molecule has 0 aliphatic carbocycles. The third-order valence-corrected chi connectivity index (χ3v) is 6.83. The zero-order valence-electron chi connectivity index (χ0n) is 14.3. The molecule has 0 amide bonds. The second kappa shape index (κ2) is 6.31. The zero-order valence-corrected chi connectivity index (χ0v) is 15.1. The highest BCUT2D eigenvalue weighted by Crippen LogP contribution is 2.22. The van der Waals surface area contributed by atoms with Crippen LogP contribution in [0.1, 0.15) is 12.0 Å². The van der Waals surface area contributed by atoms with Gasteiger partial charge in [0.2, 0.25) is 0 Å². The van der Waals surface area contributed by atoms with Crippen molar-refractivity contribution in [3.63, 3.8) is 0 Å². The fourth-order valence-corrected chi connectivity index (χ4v) is 5.43. The molecule has 2 fully saturated rings. The highest BCUT2D eigenvalue weighted by molar-refractivity contribution is 7.91. The molecule has 0 spiro atoms. The first-order valence-corrected chi connectivity index (χ1v) is 9.97. The van der Waals surface area contributed by atoms with Crippen molar-refractivity contribution in [1.82, 2.24) is 14.0 Å². The molecule has 1 aromatic heterocycles. The molecular weight excluding hydrogens is 346 g/mol. The Kier molecular flexibility index (Phi) is 4.47. The molecule has 0 bridgehead atoms. The molecule has 0 aromatic carbocycles. The lowest BCUT2D eigenvalue weighted by atomic mass is 10.2. The van der Waals surface area contributed by atoms with E-state index >= 15 is 0 Å². The molecule has 2 aliphatic heterocycles. The summed E-state index contributed by atoms with van der Waals surface area (Å²) >= 11 is 0. The van der Waals surface area contributed by atoms with Gasteiger partial charge in [-0.1, -0.05) is 0 Å². The predicted molar refractivity (Wildman–Crippen MR) is 92.5 cm³/mol. The molecular formula is C15H21N5O4S. The standard InChI is InChI=1S/C15H21N5O4S/c1-17-13(12(9-16)14(21)18(2)15(17)22)20-6-4-19(5-7-20)11-3-8-25(23,24)10-11/h11H,3-8,10H2,1-2H3. The Hall–Kier alpha value is -2.12. The molecule has 10 heteroatoms. The van der Waals surface area contributed by atoms with Crippen LogP contribution in [0, 0.1) is 11.3 Å². The first-order valence-electron chi connectivity index (χ1n) is 8.14. The van der Waals surface area contributed by atoms with Crippen molar-refractivity contribution < 1.29 is 8.42 Å². The van der Waals surface area contributed by atoms with Crippen LogP contribution in [-0.4, -0.2) is 66.2 Å². The average Bonchev–Trinajstić information content (AvgIpc) is 2.96. The number of sulfone groups is 1. The van der Waals surface area contributed by atoms with Crippen LogP contribution in [0.2, 0.25) is 0 Å². The lowest BCUT2D eigenvalue weighted by Gasteiger charge is -2.39. The van der Waals surface area contributed by atoms with E-state index in [0.29, 0.717) is 38.4 Å². The van der Waals surface area contributed by atoms with E-state index in [4.69, 9.17) is 0 Å². The van der Waals surface area contributed by atoms with Gasteiger partial charge in [-0.25, -0.2) is 13.2 Å². The fraction of sp³-hybridized carbons (Fsp3) is 0.667. The van der Waals surface area contributed by atoms with E-state index in [-0.39, 0.29) is 23.1 Å². The Morgan fingerprint density at radius 1 is 1.08 bits per heavy atom. The van der Waals surface area contributed by atoms with Crippen molar-refractivity contribution in [3.8, 4) is 6.07 Å². The topological polar surface area (TPSA) is 108 Å². The minimum absolute atomic E-state index is 0.0371. The smallest absolute Gasteiger partial charge is 0.332 e. The van der Waals surface area contributed by atoms with Gasteiger partial charge in [0.1, 0.15) is 11.9 Å². The molecule has 2 saturated heterocycles. The number of aromatic nitrogens is 2. The molecule has 2 aliphatic rings. The second-order valence-corrected chi connectivity index (χ2v) is 8.82. The maximum absolute atomic E-state index is 12.2. The van der Waals surface area contributed by atoms with Gasteiger partial charge in [-0.15, -0.1) is 0 Å². The third kappa shape index (κ3) is 3.09. The van der Waals surface area contributed by atoms with Crippen LogP contribution in [0.25, 0.3) is 0 Å². The molecule has 0 N–H and O–H groups in total. The maximum atomic E-state index is 12.2. The quantitative estimate of drug-likeness (QED) is 0.611. The summed E-state index contributed by atoms with van der Waals surface area (Å²) in [6.45, 7) is 2.33. The number of rotatable bonds is 2. The lowest BCUT2D eigenvalue weighted by Crippen LogP contribution is -2.53. The first-order chi connectivity index (χ1) is 11.7. The van der Waals surface area contributed by atoms with Gasteiger partial charge in [0, 0.05) is 46.3 Å². The van der Waals surface area contributed by atoms with Gasteiger partial charge in [0.25, 0.3) is 5.56 Å². The van der Waals surface area contributed by atoms with Crippen LogP contribution in [0.5, 0.6) is 0 Å². The summed E-state index contributed by atoms with van der Waals surface area (Å²) in [4.78, 5) is 28.4. The summed E-state index contributed by atoms with van der Waals surface area (Å²) in [5, 5.41) is 9.37. The van der Waals surface area contributed by atoms with E-state index in [9.17, 15) is 23.3 Å². The summed E-state index contributed by atoms with van der Waals surface area (Å²) in [6, 6.07) is 1.96. The lowest BCUT2D eigenvalue weighted by molar-refractivity contribution is 0.199. The van der Waals surface area contributed by atoms with Gasteiger partial charge in [0.05, 0.1) is 11.5 Å². The molecule has 1 aromatic rings. The molecule has 1 unspecified atom stereocenters. The second-order valence-electron chi connectivity index (χ2n) is 6.60. The van der Waals surface area contributed by atoms with Crippen LogP contribution < -0.4 is 16.1 Å². The first kappa shape index (κ1) is 17.7. The van der Waals surface area contributed by atoms with Gasteiger partial charge in [-0.2, -0.15) is 5.26 Å². The van der Waals surface area contributed by atoms with Crippen LogP contribution in [0.3, 0.4) is 0 Å². The van der Waals surface area contributed by atoms with Crippen molar-refractivity contribution in [3.05, 3.63) is 26.4 Å². The van der Waals surface area contributed by atoms with E-state index in [2.05, 4.69) is 4.90 Å². The van der Waals surface area contributed by atoms with Crippen molar-refractivity contribution in [1.29, 1.82) is 5.26 Å². The summed E-state index contributed by atoms with van der Waals surface area (Å²) < 4.78 is 25.6. The Balaban J connectivity index is 1.84. The highest BCUT2D eigenvalue weighted by atomic mass is 32.2. The predicted octanol–water partition coefficient (Wildman–Crippen LogP) is -1.74. The zero-order chi connectivity index (χ0) is 18.4. The van der Waals surface area contributed by atoms with Crippen LogP contribution >= 0.6 is 0 Å². The molecule has 0 radical (unpaired) electrons. The number of anilines is 1. The monoisotopic (exact) mass is 367 g/mol. The maximum Gasteiger partial charge on any atom is 0.332 e. The SMILES string of the molecule is Cn1c(N2CCN(C3CCS(=O)(=O)C3)CC2)c(C#N)c(=O)n(C)c1=O. The van der Waals surface area contributed by atoms with Gasteiger partial charge in [-0.05, 0) is 6.42 Å². The minimum Gasteiger partial charge on any atom is -0.354 e. The molecule has 0 saturated carbocycles. The van der Waals surface area contributed by atoms with E-state index in [1.54, 1.807) is 7.05 Å². The summed E-state index contributed by atoms with van der Waals surface area (Å²) in [7, 11) is -0.0273. The highest BCUT2D eigenvalue weighted by Gasteiger charge is 2.34. The molecule has 136 valence electrons. The molecule has 9 nitrogen and oxygen atoms in total. The summed E-state index contributed by atoms with van der Waals surface area (Å²) in [5.74, 6) is 0.773. The van der Waals surface area contributed by atoms with Crippen molar-refractivity contribution in [2.24, 2.45) is 14.1 Å². The van der Waals surface area contributed by atoms with Crippen LogP contribution in [0.15, 0.2) is 9.59 Å². The normalized spacial score (nSPS) is 23.6. The van der Waals surface area contributed by atoms with Gasteiger partial charge in [-0.3, -0.25) is 18.8 Å². The van der Waals surface area contributed by atoms with Gasteiger partial charge >= 0.3 is 5.69 Å². The third-order valence-electron chi connectivity index (χ3n) is 5.08. The molecule has 3 rings (SSSR count). The fourth-order valence-electron chi connectivity index (χ4n) is 3.66. The summed E-state index contributed by atoms with van der Waals surface area (Å²) in [6.07, 6.45) is 0.649. The molecule has 1 atom stereocenters. The number of hydrogen-bond acceptors (Lipinski definition) is 7.